The molecular formula is C14H15I. The van der Waals surface area contributed by atoms with E-state index in [9.17, 15) is 0 Å². The summed E-state index contributed by atoms with van der Waals surface area (Å²) in [5, 5.41) is 0. The van der Waals surface area contributed by atoms with E-state index in [4.69, 9.17) is 0 Å². The van der Waals surface area contributed by atoms with Gasteiger partial charge in [0.2, 0.25) is 0 Å². The molecule has 0 aliphatic carbocycles. The van der Waals surface area contributed by atoms with Crippen molar-refractivity contribution in [2.75, 3.05) is 4.43 Å². The van der Waals surface area contributed by atoms with Gasteiger partial charge >= 0.3 is 99.0 Å². The molecule has 0 fully saturated rings. The third kappa shape index (κ3) is 2.59. The number of alkyl halides is 1. The van der Waals surface area contributed by atoms with Gasteiger partial charge in [-0.3, -0.25) is 0 Å². The van der Waals surface area contributed by atoms with Gasteiger partial charge in [-0.1, -0.05) is 0 Å². The molecule has 0 aromatic heterocycles. The van der Waals surface area contributed by atoms with Crippen LogP contribution in [0.15, 0.2) is 60.7 Å². The predicted molar refractivity (Wildman–Crippen MR) is 74.8 cm³/mol. The van der Waals surface area contributed by atoms with Gasteiger partial charge in [0, 0.05) is 0 Å². The van der Waals surface area contributed by atoms with Crippen molar-refractivity contribution in [3.05, 3.63) is 67.8 Å². The van der Waals surface area contributed by atoms with E-state index in [1.54, 1.807) is 7.14 Å². The predicted octanol–water partition coefficient (Wildman–Crippen LogP) is 4.25. The zero-order valence-electron chi connectivity index (χ0n) is 8.86. The van der Waals surface area contributed by atoms with Crippen molar-refractivity contribution < 1.29 is 0 Å². The van der Waals surface area contributed by atoms with E-state index in [1.165, 1.54) is 4.43 Å². The second-order valence-corrected chi connectivity index (χ2v) is 9.30. The third-order valence-electron chi connectivity index (χ3n) is 2.26. The van der Waals surface area contributed by atoms with E-state index in [0.29, 0.717) is 0 Å². The van der Waals surface area contributed by atoms with Crippen LogP contribution in [0.5, 0.6) is 0 Å². The van der Waals surface area contributed by atoms with Crippen LogP contribution in [0.4, 0.5) is 0 Å². The molecule has 0 aliphatic rings. The van der Waals surface area contributed by atoms with Crippen LogP contribution in [0.1, 0.15) is 6.92 Å². The first-order valence-electron chi connectivity index (χ1n) is 5.17. The Morgan fingerprint density at radius 3 is 1.47 bits per heavy atom. The van der Waals surface area contributed by atoms with Gasteiger partial charge in [0.25, 0.3) is 0 Å². The zero-order chi connectivity index (χ0) is 10.5. The molecule has 0 N–H and O–H groups in total. The molecule has 0 spiro atoms. The van der Waals surface area contributed by atoms with Crippen LogP contribution in [0, 0.1) is 7.14 Å². The topological polar surface area (TPSA) is 0 Å². The van der Waals surface area contributed by atoms with Crippen LogP contribution in [-0.4, -0.2) is 4.43 Å². The summed E-state index contributed by atoms with van der Waals surface area (Å²) in [6, 6.07) is 21.9. The summed E-state index contributed by atoms with van der Waals surface area (Å²) < 4.78 is 4.43. The van der Waals surface area contributed by atoms with Gasteiger partial charge in [0.1, 0.15) is 0 Å². The molecule has 0 heterocycles. The summed E-state index contributed by atoms with van der Waals surface area (Å²) >= 11 is -1.12. The fraction of sp³-hybridized carbons (Fsp3) is 0.143. The Morgan fingerprint density at radius 2 is 1.13 bits per heavy atom. The summed E-state index contributed by atoms with van der Waals surface area (Å²) in [7, 11) is 0. The monoisotopic (exact) mass is 310 g/mol. The summed E-state index contributed by atoms with van der Waals surface area (Å²) in [6.07, 6.45) is 0. The minimum absolute atomic E-state index is 1.12. The van der Waals surface area contributed by atoms with Crippen molar-refractivity contribution in [2.45, 2.75) is 6.92 Å². The second-order valence-electron chi connectivity index (χ2n) is 3.22. The zero-order valence-corrected chi connectivity index (χ0v) is 11.0. The standard InChI is InChI=1S/C14H15I/c1-2-15(13-9-5-3-6-10-13)14-11-7-4-8-12-14/h3-12H,2H2,1H3. The number of halogens is 1. The van der Waals surface area contributed by atoms with Gasteiger partial charge in [-0.15, -0.1) is 0 Å². The Bertz CT molecular complexity index is 355. The van der Waals surface area contributed by atoms with E-state index in [0.717, 1.165) is 0 Å². The molecule has 0 radical (unpaired) electrons. The maximum atomic E-state index is 2.31. The minimum atomic E-state index is -1.12. The van der Waals surface area contributed by atoms with Crippen LogP contribution in [0.3, 0.4) is 0 Å². The third-order valence-corrected chi connectivity index (χ3v) is 8.23. The van der Waals surface area contributed by atoms with Gasteiger partial charge in [-0.05, 0) is 0 Å². The van der Waals surface area contributed by atoms with Crippen molar-refractivity contribution in [1.82, 2.24) is 0 Å². The summed E-state index contributed by atoms with van der Waals surface area (Å²) in [5.74, 6) is 0. The molecular weight excluding hydrogens is 295 g/mol. The molecule has 0 saturated carbocycles. The number of hydrogen-bond acceptors (Lipinski definition) is 0. The van der Waals surface area contributed by atoms with Crippen molar-refractivity contribution in [1.29, 1.82) is 0 Å². The molecule has 0 saturated heterocycles. The van der Waals surface area contributed by atoms with E-state index in [-0.39, 0.29) is 0 Å². The number of rotatable bonds is 3. The van der Waals surface area contributed by atoms with E-state index in [2.05, 4.69) is 67.6 Å². The molecule has 0 unspecified atom stereocenters. The molecule has 0 aliphatic heterocycles. The molecule has 15 heavy (non-hydrogen) atoms. The first-order chi connectivity index (χ1) is 7.42. The van der Waals surface area contributed by atoms with E-state index >= 15 is 0 Å². The Labute approximate surface area is 98.7 Å². The van der Waals surface area contributed by atoms with Crippen molar-refractivity contribution >= 4 is 19.8 Å². The van der Waals surface area contributed by atoms with Gasteiger partial charge in [-0.2, -0.15) is 0 Å². The SMILES string of the molecule is CCI(c1ccccc1)c1ccccc1. The fourth-order valence-corrected chi connectivity index (χ4v) is 6.62. The first kappa shape index (κ1) is 10.7. The van der Waals surface area contributed by atoms with Crippen LogP contribution in [0.25, 0.3) is 0 Å². The molecule has 2 aromatic carbocycles. The van der Waals surface area contributed by atoms with Gasteiger partial charge in [0.05, 0.1) is 0 Å². The Hall–Kier alpha value is -0.830. The molecule has 0 bridgehead atoms. The maximum absolute atomic E-state index is 2.31. The second kappa shape index (κ2) is 5.31. The van der Waals surface area contributed by atoms with Gasteiger partial charge in [0.15, 0.2) is 0 Å². The molecule has 0 amide bonds. The molecule has 2 aromatic rings. The van der Waals surface area contributed by atoms with E-state index in [1.807, 2.05) is 0 Å². The van der Waals surface area contributed by atoms with Gasteiger partial charge in [-0.25, -0.2) is 0 Å². The normalized spacial score (nSPS) is 11.1. The van der Waals surface area contributed by atoms with Crippen LogP contribution in [-0.2, 0) is 0 Å². The fourth-order valence-electron chi connectivity index (χ4n) is 1.57. The first-order valence-corrected chi connectivity index (χ1v) is 8.86. The molecule has 78 valence electrons. The molecule has 2 rings (SSSR count). The Morgan fingerprint density at radius 1 is 0.733 bits per heavy atom. The van der Waals surface area contributed by atoms with Gasteiger partial charge < -0.3 is 0 Å². The molecule has 0 nitrogen and oxygen atoms in total. The Kier molecular flexibility index (Phi) is 3.78. The molecule has 1 heteroatoms. The van der Waals surface area contributed by atoms with Crippen LogP contribution in [0.2, 0.25) is 0 Å². The number of benzene rings is 2. The summed E-state index contributed by atoms with van der Waals surface area (Å²) in [5.41, 5.74) is 0. The van der Waals surface area contributed by atoms with Crippen molar-refractivity contribution in [2.24, 2.45) is 0 Å². The number of hydrogen-bond donors (Lipinski definition) is 0. The van der Waals surface area contributed by atoms with Crippen LogP contribution >= 0.6 is 19.8 Å². The van der Waals surface area contributed by atoms with Crippen LogP contribution < -0.4 is 0 Å². The average molecular weight is 310 g/mol. The average Bonchev–Trinajstić information content (AvgIpc) is 2.33. The summed E-state index contributed by atoms with van der Waals surface area (Å²) in [6.45, 7) is 2.31. The molecule has 0 atom stereocenters. The quantitative estimate of drug-likeness (QED) is 0.587. The van der Waals surface area contributed by atoms with Crippen molar-refractivity contribution in [3.8, 4) is 0 Å². The van der Waals surface area contributed by atoms with E-state index < -0.39 is 19.8 Å². The summed E-state index contributed by atoms with van der Waals surface area (Å²) in [4.78, 5) is 0. The van der Waals surface area contributed by atoms with Crippen molar-refractivity contribution in [3.63, 3.8) is 0 Å². The Balaban J connectivity index is 2.34.